The molecule has 0 spiro atoms. The van der Waals surface area contributed by atoms with E-state index in [1.54, 1.807) is 11.0 Å². The molecule has 2 saturated carbocycles. The lowest BCUT2D eigenvalue weighted by molar-refractivity contribution is -0.139. The van der Waals surface area contributed by atoms with Gasteiger partial charge in [0.15, 0.2) is 0 Å². The number of carbonyl (C=O) groups is 1. The van der Waals surface area contributed by atoms with Crippen LogP contribution in [0.2, 0.25) is 0 Å². The minimum absolute atomic E-state index is 0.0690. The second-order valence-electron chi connectivity index (χ2n) is 10.1. The number of benzene rings is 2. The smallest absolute Gasteiger partial charge is 0.321 e. The number of nitrogens with zero attached hydrogens (tertiary/aromatic N) is 2. The van der Waals surface area contributed by atoms with Crippen molar-refractivity contribution >= 4 is 11.7 Å². The van der Waals surface area contributed by atoms with E-state index >= 15 is 0 Å². The normalized spacial score (nSPS) is 22.0. The fraction of sp³-hybridized carbons (Fsp3) is 0.500. The number of hydrogen-bond donors (Lipinski definition) is 3. The van der Waals surface area contributed by atoms with Crippen molar-refractivity contribution in [3.63, 3.8) is 0 Å². The average molecular weight is 532 g/mol. The summed E-state index contributed by atoms with van der Waals surface area (Å²) in [7, 11) is 1.88. The molecule has 0 unspecified atom stereocenters. The van der Waals surface area contributed by atoms with Crippen LogP contribution in [0.4, 0.5) is 28.0 Å². The second-order valence-corrected chi connectivity index (χ2v) is 10.1. The maximum Gasteiger partial charge on any atom is 0.419 e. The van der Waals surface area contributed by atoms with E-state index < -0.39 is 23.6 Å². The third-order valence-corrected chi connectivity index (χ3v) is 7.79. The van der Waals surface area contributed by atoms with Crippen LogP contribution in [-0.2, 0) is 11.6 Å². The fourth-order valence-corrected chi connectivity index (χ4v) is 5.78. The fourth-order valence-electron chi connectivity index (χ4n) is 5.78. The van der Waals surface area contributed by atoms with Crippen LogP contribution in [0.5, 0.6) is 0 Å². The van der Waals surface area contributed by atoms with E-state index in [0.29, 0.717) is 18.2 Å². The van der Waals surface area contributed by atoms with Crippen LogP contribution in [0.1, 0.15) is 48.8 Å². The van der Waals surface area contributed by atoms with E-state index in [1.807, 2.05) is 25.2 Å². The number of unbranched alkanes of at least 4 members (excludes halogenated alkanes) is 1. The van der Waals surface area contributed by atoms with Crippen LogP contribution in [0.25, 0.3) is 0 Å². The monoisotopic (exact) mass is 531 g/mol. The van der Waals surface area contributed by atoms with Crippen LogP contribution >= 0.6 is 0 Å². The van der Waals surface area contributed by atoms with Crippen molar-refractivity contribution in [3.8, 4) is 6.07 Å². The minimum atomic E-state index is -4.86. The molecule has 2 aliphatic carbocycles. The van der Waals surface area contributed by atoms with Crippen LogP contribution in [-0.4, -0.2) is 50.2 Å². The molecule has 2 aromatic rings. The summed E-state index contributed by atoms with van der Waals surface area (Å²) < 4.78 is 53.4. The van der Waals surface area contributed by atoms with Crippen LogP contribution < -0.4 is 16.0 Å². The van der Waals surface area contributed by atoms with Crippen molar-refractivity contribution in [3.05, 3.63) is 65.0 Å². The molecular formula is C28H33F4N5O. The molecule has 2 amide bonds. The molecular weight excluding hydrogens is 498 g/mol. The Morgan fingerprint density at radius 3 is 2.68 bits per heavy atom. The lowest BCUT2D eigenvalue weighted by atomic mass is 9.92. The van der Waals surface area contributed by atoms with Gasteiger partial charge in [-0.05, 0) is 87.5 Å². The molecule has 4 rings (SSSR count). The number of anilines is 1. The third-order valence-electron chi connectivity index (χ3n) is 7.79. The third kappa shape index (κ3) is 6.11. The topological polar surface area (TPSA) is 80.2 Å². The minimum Gasteiger partial charge on any atom is -0.321 e. The first-order valence-corrected chi connectivity index (χ1v) is 13.0. The number of alkyl halides is 3. The molecule has 0 radical (unpaired) electrons. The van der Waals surface area contributed by atoms with E-state index in [0.717, 1.165) is 69.4 Å². The Balaban J connectivity index is 1.48. The summed E-state index contributed by atoms with van der Waals surface area (Å²) in [5, 5.41) is 18.3. The number of urea groups is 1. The standard InChI is InChI=1S/C28H33F4N5O/c1-34-12-13-35-11-2-3-14-37(26(38)36-21-7-8-24(29)22(16-21)28(30,31)32)25-9-10-27(17-23(25)27)20-6-4-5-19(15-20)18-33/h4-8,15-16,23,25,34-35H,2-3,9-14,17H2,1H3,(H,36,38)/t23-,25-,27-/m1/s1. The number of halogens is 4. The SMILES string of the molecule is CNCCNCCCCN(C(=O)Nc1ccc(F)c(C(F)(F)F)c1)[C@@H]1CC[C@]2(c3cccc(C#N)c3)C[C@H]12. The molecule has 3 atom stereocenters. The van der Waals surface area contributed by atoms with Gasteiger partial charge in [-0.3, -0.25) is 0 Å². The van der Waals surface area contributed by atoms with Crippen molar-refractivity contribution in [2.24, 2.45) is 5.92 Å². The number of carbonyl (C=O) groups excluding carboxylic acids is 1. The molecule has 2 fully saturated rings. The van der Waals surface area contributed by atoms with Gasteiger partial charge in [-0.2, -0.15) is 18.4 Å². The predicted molar refractivity (Wildman–Crippen MR) is 137 cm³/mol. The maximum atomic E-state index is 13.8. The summed E-state index contributed by atoms with van der Waals surface area (Å²) in [6.07, 6.45) is -0.737. The first kappa shape index (κ1) is 27.9. The van der Waals surface area contributed by atoms with Gasteiger partial charge in [0, 0.05) is 36.8 Å². The number of nitrogens with one attached hydrogen (secondary N) is 3. The Kier molecular flexibility index (Phi) is 8.58. The van der Waals surface area contributed by atoms with Crippen LogP contribution in [0, 0.1) is 23.1 Å². The van der Waals surface area contributed by atoms with Gasteiger partial charge in [0.2, 0.25) is 0 Å². The Morgan fingerprint density at radius 1 is 1.16 bits per heavy atom. The summed E-state index contributed by atoms with van der Waals surface area (Å²) >= 11 is 0. The van der Waals surface area contributed by atoms with Gasteiger partial charge in [-0.15, -0.1) is 0 Å². The first-order valence-electron chi connectivity index (χ1n) is 13.0. The van der Waals surface area contributed by atoms with Gasteiger partial charge >= 0.3 is 12.2 Å². The lowest BCUT2D eigenvalue weighted by Gasteiger charge is -2.30. The molecule has 2 aromatic carbocycles. The zero-order chi connectivity index (χ0) is 27.3. The van der Waals surface area contributed by atoms with Crippen molar-refractivity contribution in [2.75, 3.05) is 38.5 Å². The highest BCUT2D eigenvalue weighted by atomic mass is 19.4. The van der Waals surface area contributed by atoms with Gasteiger partial charge in [-0.25, -0.2) is 9.18 Å². The van der Waals surface area contributed by atoms with Crippen LogP contribution in [0.3, 0.4) is 0 Å². The number of amides is 2. The highest BCUT2D eigenvalue weighted by Gasteiger charge is 2.64. The van der Waals surface area contributed by atoms with E-state index in [9.17, 15) is 27.6 Å². The highest BCUT2D eigenvalue weighted by molar-refractivity contribution is 5.89. The second kappa shape index (κ2) is 11.7. The molecule has 0 aliphatic heterocycles. The Morgan fingerprint density at radius 2 is 1.97 bits per heavy atom. The molecule has 10 heteroatoms. The number of fused-ring (bicyclic) bond motifs is 1. The van der Waals surface area contributed by atoms with Crippen molar-refractivity contribution < 1.29 is 22.4 Å². The maximum absolute atomic E-state index is 13.8. The molecule has 38 heavy (non-hydrogen) atoms. The van der Waals surface area contributed by atoms with Crippen molar-refractivity contribution in [2.45, 2.75) is 49.7 Å². The number of hydrogen-bond acceptors (Lipinski definition) is 4. The van der Waals surface area contributed by atoms with Crippen LogP contribution in [0.15, 0.2) is 42.5 Å². The molecule has 0 heterocycles. The van der Waals surface area contributed by atoms with Crippen molar-refractivity contribution in [1.29, 1.82) is 5.26 Å². The van der Waals surface area contributed by atoms with Gasteiger partial charge in [0.25, 0.3) is 0 Å². The van der Waals surface area contributed by atoms with Crippen molar-refractivity contribution in [1.82, 2.24) is 15.5 Å². The highest BCUT2D eigenvalue weighted by Crippen LogP contribution is 2.65. The Bertz CT molecular complexity index is 1180. The first-order chi connectivity index (χ1) is 18.2. The van der Waals surface area contributed by atoms with Gasteiger partial charge in [-0.1, -0.05) is 12.1 Å². The summed E-state index contributed by atoms with van der Waals surface area (Å²) in [4.78, 5) is 15.2. The Labute approximate surface area is 220 Å². The average Bonchev–Trinajstić information content (AvgIpc) is 3.52. The van der Waals surface area contributed by atoms with Gasteiger partial charge < -0.3 is 20.9 Å². The largest absolute Gasteiger partial charge is 0.419 e. The predicted octanol–water partition coefficient (Wildman–Crippen LogP) is 5.26. The molecule has 204 valence electrons. The van der Waals surface area contributed by atoms with Gasteiger partial charge in [0.1, 0.15) is 5.82 Å². The van der Waals surface area contributed by atoms with E-state index in [4.69, 9.17) is 0 Å². The summed E-state index contributed by atoms with van der Waals surface area (Å²) in [6, 6.07) is 11.7. The zero-order valence-electron chi connectivity index (χ0n) is 21.4. The number of likely N-dealkylation sites (N-methyl/N-ethyl adjacent to an activating group) is 1. The summed E-state index contributed by atoms with van der Waals surface area (Å²) in [5.41, 5.74) is 0.122. The molecule has 2 aliphatic rings. The summed E-state index contributed by atoms with van der Waals surface area (Å²) in [6.45, 7) is 2.94. The lowest BCUT2D eigenvalue weighted by Crippen LogP contribution is -2.44. The number of rotatable bonds is 11. The Hall–Kier alpha value is -3.16. The van der Waals surface area contributed by atoms with Gasteiger partial charge in [0.05, 0.1) is 17.2 Å². The molecule has 6 nitrogen and oxygen atoms in total. The summed E-state index contributed by atoms with van der Waals surface area (Å²) in [5.74, 6) is -1.16. The molecule has 0 aromatic heterocycles. The van der Waals surface area contributed by atoms with E-state index in [1.165, 1.54) is 0 Å². The zero-order valence-corrected chi connectivity index (χ0v) is 21.4. The van der Waals surface area contributed by atoms with E-state index in [2.05, 4.69) is 22.0 Å². The number of nitriles is 1. The quantitative estimate of drug-likeness (QED) is 0.273. The molecule has 0 bridgehead atoms. The van der Waals surface area contributed by atoms with E-state index in [-0.39, 0.29) is 23.1 Å². The molecule has 0 saturated heterocycles. The molecule has 3 N–H and O–H groups in total.